The molecule has 100 valence electrons. The predicted octanol–water partition coefficient (Wildman–Crippen LogP) is 3.03. The summed E-state index contributed by atoms with van der Waals surface area (Å²) >= 11 is 0. The molecule has 0 unspecified atom stereocenters. The van der Waals surface area contributed by atoms with Gasteiger partial charge in [-0.05, 0) is 64.0 Å². The summed E-state index contributed by atoms with van der Waals surface area (Å²) in [6.07, 6.45) is 9.93. The second-order valence-electron chi connectivity index (χ2n) is 6.00. The van der Waals surface area contributed by atoms with Gasteiger partial charge in [-0.1, -0.05) is 13.8 Å². The lowest BCUT2D eigenvalue weighted by Gasteiger charge is -2.37. The van der Waals surface area contributed by atoms with Crippen molar-refractivity contribution in [3.8, 4) is 0 Å². The maximum Gasteiger partial charge on any atom is 0.00965 e. The van der Waals surface area contributed by atoms with Crippen LogP contribution in [0.1, 0.15) is 58.8 Å². The topological polar surface area (TPSA) is 15.3 Å². The highest BCUT2D eigenvalue weighted by molar-refractivity contribution is 4.86. The van der Waals surface area contributed by atoms with E-state index in [4.69, 9.17) is 0 Å². The van der Waals surface area contributed by atoms with E-state index in [1.807, 2.05) is 0 Å². The Morgan fingerprint density at radius 3 is 2.24 bits per heavy atom. The molecule has 2 rings (SSSR count). The average molecular weight is 238 g/mol. The first-order valence-electron chi connectivity index (χ1n) is 7.80. The van der Waals surface area contributed by atoms with Gasteiger partial charge in [0.15, 0.2) is 0 Å². The summed E-state index contributed by atoms with van der Waals surface area (Å²) in [4.78, 5) is 2.81. The Bertz CT molecular complexity index is 205. The zero-order chi connectivity index (χ0) is 12.1. The van der Waals surface area contributed by atoms with Crippen LogP contribution in [0, 0.1) is 5.92 Å². The fourth-order valence-corrected chi connectivity index (χ4v) is 3.28. The lowest BCUT2D eigenvalue weighted by atomic mass is 9.90. The average Bonchev–Trinajstić information content (AvgIpc) is 3.14. The molecule has 0 aromatic rings. The van der Waals surface area contributed by atoms with Gasteiger partial charge in [0.1, 0.15) is 0 Å². The number of hydrogen-bond donors (Lipinski definition) is 1. The fraction of sp³-hybridized carbons (Fsp3) is 1.00. The number of rotatable bonds is 7. The Labute approximate surface area is 107 Å². The zero-order valence-electron chi connectivity index (χ0n) is 11.8. The van der Waals surface area contributed by atoms with Crippen LogP contribution >= 0.6 is 0 Å². The SMILES string of the molecule is CCCN(CC1CC1)C1CCC(NCC)CC1. The first-order valence-corrected chi connectivity index (χ1v) is 7.80. The molecule has 17 heavy (non-hydrogen) atoms. The molecule has 0 atom stereocenters. The van der Waals surface area contributed by atoms with Crippen LogP contribution < -0.4 is 5.32 Å². The van der Waals surface area contributed by atoms with Crippen molar-refractivity contribution in [1.29, 1.82) is 0 Å². The summed E-state index contributed by atoms with van der Waals surface area (Å²) in [7, 11) is 0. The van der Waals surface area contributed by atoms with Gasteiger partial charge in [0.25, 0.3) is 0 Å². The van der Waals surface area contributed by atoms with E-state index in [2.05, 4.69) is 24.1 Å². The van der Waals surface area contributed by atoms with E-state index in [0.717, 1.165) is 24.5 Å². The van der Waals surface area contributed by atoms with Crippen molar-refractivity contribution in [2.24, 2.45) is 5.92 Å². The van der Waals surface area contributed by atoms with Crippen LogP contribution in [-0.2, 0) is 0 Å². The van der Waals surface area contributed by atoms with Crippen molar-refractivity contribution < 1.29 is 0 Å². The van der Waals surface area contributed by atoms with Crippen molar-refractivity contribution in [3.05, 3.63) is 0 Å². The molecule has 0 spiro atoms. The van der Waals surface area contributed by atoms with E-state index >= 15 is 0 Å². The van der Waals surface area contributed by atoms with Gasteiger partial charge in [0.2, 0.25) is 0 Å². The molecule has 0 saturated heterocycles. The smallest absolute Gasteiger partial charge is 0.00965 e. The summed E-state index contributed by atoms with van der Waals surface area (Å²) in [5, 5.41) is 3.61. The van der Waals surface area contributed by atoms with E-state index in [-0.39, 0.29) is 0 Å². The van der Waals surface area contributed by atoms with Gasteiger partial charge in [-0.3, -0.25) is 0 Å². The Kier molecular flexibility index (Phi) is 5.30. The zero-order valence-corrected chi connectivity index (χ0v) is 11.8. The Morgan fingerprint density at radius 1 is 1.00 bits per heavy atom. The van der Waals surface area contributed by atoms with Crippen LogP contribution in [-0.4, -0.2) is 36.6 Å². The third-order valence-electron chi connectivity index (χ3n) is 4.41. The molecule has 0 aromatic carbocycles. The number of nitrogens with zero attached hydrogens (tertiary/aromatic N) is 1. The lowest BCUT2D eigenvalue weighted by Crippen LogP contribution is -2.43. The van der Waals surface area contributed by atoms with E-state index in [0.29, 0.717) is 0 Å². The van der Waals surface area contributed by atoms with Crippen LogP contribution in [0.15, 0.2) is 0 Å². The predicted molar refractivity (Wildman–Crippen MR) is 74.3 cm³/mol. The molecule has 2 heteroatoms. The van der Waals surface area contributed by atoms with Gasteiger partial charge in [0, 0.05) is 18.6 Å². The second-order valence-corrected chi connectivity index (χ2v) is 6.00. The van der Waals surface area contributed by atoms with Gasteiger partial charge >= 0.3 is 0 Å². The van der Waals surface area contributed by atoms with Crippen molar-refractivity contribution in [2.45, 2.75) is 70.9 Å². The molecule has 2 aliphatic carbocycles. The van der Waals surface area contributed by atoms with Crippen LogP contribution in [0.4, 0.5) is 0 Å². The Morgan fingerprint density at radius 2 is 1.71 bits per heavy atom. The molecule has 0 amide bonds. The molecule has 1 N–H and O–H groups in total. The Balaban J connectivity index is 1.75. The van der Waals surface area contributed by atoms with Crippen molar-refractivity contribution >= 4 is 0 Å². The molecule has 0 aliphatic heterocycles. The van der Waals surface area contributed by atoms with E-state index in [1.165, 1.54) is 58.0 Å². The fourth-order valence-electron chi connectivity index (χ4n) is 3.28. The van der Waals surface area contributed by atoms with Gasteiger partial charge in [-0.25, -0.2) is 0 Å². The van der Waals surface area contributed by atoms with Crippen LogP contribution in [0.2, 0.25) is 0 Å². The normalized spacial score (nSPS) is 29.8. The standard InChI is InChI=1S/C15H30N2/c1-3-11-17(12-13-5-6-13)15-9-7-14(8-10-15)16-4-2/h13-16H,3-12H2,1-2H3. The third-order valence-corrected chi connectivity index (χ3v) is 4.41. The number of nitrogens with one attached hydrogen (secondary N) is 1. The monoisotopic (exact) mass is 238 g/mol. The highest BCUT2D eigenvalue weighted by Crippen LogP contribution is 2.32. The Hall–Kier alpha value is -0.0800. The molecule has 0 radical (unpaired) electrons. The number of hydrogen-bond acceptors (Lipinski definition) is 2. The lowest BCUT2D eigenvalue weighted by molar-refractivity contribution is 0.138. The molecule has 2 fully saturated rings. The first kappa shape index (κ1) is 13.4. The highest BCUT2D eigenvalue weighted by atomic mass is 15.2. The maximum absolute atomic E-state index is 3.61. The highest BCUT2D eigenvalue weighted by Gasteiger charge is 2.30. The molecule has 0 aromatic heterocycles. The van der Waals surface area contributed by atoms with E-state index in [9.17, 15) is 0 Å². The molecule has 0 bridgehead atoms. The first-order chi connectivity index (χ1) is 8.33. The summed E-state index contributed by atoms with van der Waals surface area (Å²) in [5.41, 5.74) is 0. The summed E-state index contributed by atoms with van der Waals surface area (Å²) in [6.45, 7) is 8.40. The summed E-state index contributed by atoms with van der Waals surface area (Å²) in [6, 6.07) is 1.70. The van der Waals surface area contributed by atoms with Gasteiger partial charge in [0.05, 0.1) is 0 Å². The second kappa shape index (κ2) is 6.75. The molecule has 2 nitrogen and oxygen atoms in total. The molecular formula is C15H30N2. The minimum Gasteiger partial charge on any atom is -0.314 e. The minimum atomic E-state index is 0.806. The minimum absolute atomic E-state index is 0.806. The molecule has 0 heterocycles. The maximum atomic E-state index is 3.61. The van der Waals surface area contributed by atoms with Gasteiger partial charge < -0.3 is 10.2 Å². The van der Waals surface area contributed by atoms with E-state index in [1.54, 1.807) is 0 Å². The van der Waals surface area contributed by atoms with Crippen LogP contribution in [0.25, 0.3) is 0 Å². The van der Waals surface area contributed by atoms with Gasteiger partial charge in [-0.2, -0.15) is 0 Å². The molecule has 2 aliphatic rings. The molecular weight excluding hydrogens is 208 g/mol. The van der Waals surface area contributed by atoms with Crippen molar-refractivity contribution in [2.75, 3.05) is 19.6 Å². The largest absolute Gasteiger partial charge is 0.314 e. The summed E-state index contributed by atoms with van der Waals surface area (Å²) in [5.74, 6) is 1.05. The van der Waals surface area contributed by atoms with Crippen LogP contribution in [0.5, 0.6) is 0 Å². The molecule has 2 saturated carbocycles. The summed E-state index contributed by atoms with van der Waals surface area (Å²) < 4.78 is 0. The quantitative estimate of drug-likeness (QED) is 0.733. The van der Waals surface area contributed by atoms with Crippen molar-refractivity contribution in [3.63, 3.8) is 0 Å². The van der Waals surface area contributed by atoms with Gasteiger partial charge in [-0.15, -0.1) is 0 Å². The third kappa shape index (κ3) is 4.26. The van der Waals surface area contributed by atoms with E-state index < -0.39 is 0 Å². The van der Waals surface area contributed by atoms with Crippen molar-refractivity contribution in [1.82, 2.24) is 10.2 Å². The van der Waals surface area contributed by atoms with Crippen LogP contribution in [0.3, 0.4) is 0 Å².